The van der Waals surface area contributed by atoms with Crippen LogP contribution in [0.5, 0.6) is 0 Å². The Labute approximate surface area is 162 Å². The average molecular weight is 381 g/mol. The maximum atomic E-state index is 5.94. The highest BCUT2D eigenvalue weighted by Crippen LogP contribution is 2.17. The van der Waals surface area contributed by atoms with Gasteiger partial charge in [-0.2, -0.15) is 0 Å². The molecular weight excluding hydrogens is 360 g/mol. The van der Waals surface area contributed by atoms with Crippen molar-refractivity contribution in [3.05, 3.63) is 101 Å². The summed E-state index contributed by atoms with van der Waals surface area (Å²) in [5.41, 5.74) is 3.48. The van der Waals surface area contributed by atoms with Crippen molar-refractivity contribution in [1.29, 1.82) is 0 Å². The second-order valence-electron chi connectivity index (χ2n) is 5.95. The number of amidine groups is 1. The van der Waals surface area contributed by atoms with Crippen LogP contribution < -0.4 is 0 Å². The Balaban J connectivity index is 1.85. The van der Waals surface area contributed by atoms with Gasteiger partial charge in [0, 0.05) is 16.5 Å². The van der Waals surface area contributed by atoms with Crippen molar-refractivity contribution in [3.8, 4) is 0 Å². The molecule has 2 nitrogen and oxygen atoms in total. The summed E-state index contributed by atoms with van der Waals surface area (Å²) in [4.78, 5) is 4.62. The monoisotopic (exact) mass is 380 g/mol. The Morgan fingerprint density at radius 2 is 1.27 bits per heavy atom. The molecular formula is C22H21ClN2S. The van der Waals surface area contributed by atoms with Crippen LogP contribution in [0.2, 0.25) is 5.02 Å². The van der Waals surface area contributed by atoms with E-state index in [0.717, 1.165) is 23.0 Å². The Kier molecular flexibility index (Phi) is 6.75. The smallest absolute Gasteiger partial charge is 0.133 e. The number of halogens is 1. The first-order chi connectivity index (χ1) is 12.7. The van der Waals surface area contributed by atoms with Crippen molar-refractivity contribution < 1.29 is 0 Å². The molecule has 0 unspecified atom stereocenters. The molecule has 0 aliphatic heterocycles. The number of rotatable bonds is 5. The number of aliphatic imine (C=N–C) groups is 1. The highest BCUT2D eigenvalue weighted by Gasteiger charge is 2.03. The van der Waals surface area contributed by atoms with Gasteiger partial charge in [-0.1, -0.05) is 83.0 Å². The van der Waals surface area contributed by atoms with E-state index in [1.165, 1.54) is 11.1 Å². The lowest BCUT2D eigenvalue weighted by Gasteiger charge is -2.09. The summed E-state index contributed by atoms with van der Waals surface area (Å²) in [5, 5.41) is 0.714. The lowest BCUT2D eigenvalue weighted by molar-refractivity contribution is 1.33. The van der Waals surface area contributed by atoms with Crippen molar-refractivity contribution in [2.24, 2.45) is 9.36 Å². The first-order valence-electron chi connectivity index (χ1n) is 8.47. The van der Waals surface area contributed by atoms with Crippen molar-refractivity contribution in [2.45, 2.75) is 18.4 Å². The molecule has 3 aromatic carbocycles. The zero-order chi connectivity index (χ0) is 18.2. The third-order valence-corrected chi connectivity index (χ3v) is 5.84. The highest BCUT2D eigenvalue weighted by molar-refractivity contribution is 7.86. The summed E-state index contributed by atoms with van der Waals surface area (Å²) < 4.78 is 4.93. The fourth-order valence-corrected chi connectivity index (χ4v) is 4.48. The maximum Gasteiger partial charge on any atom is 0.133 e. The van der Waals surface area contributed by atoms with Gasteiger partial charge in [0.1, 0.15) is 5.84 Å². The van der Waals surface area contributed by atoms with Gasteiger partial charge in [0.15, 0.2) is 0 Å². The van der Waals surface area contributed by atoms with E-state index in [0.29, 0.717) is 5.02 Å². The van der Waals surface area contributed by atoms with Crippen molar-refractivity contribution in [3.63, 3.8) is 0 Å². The molecule has 0 N–H and O–H groups in total. The molecule has 0 radical (unpaired) electrons. The molecule has 0 saturated carbocycles. The third-order valence-electron chi connectivity index (χ3n) is 3.73. The molecule has 0 heterocycles. The average Bonchev–Trinajstić information content (AvgIpc) is 2.65. The van der Waals surface area contributed by atoms with Gasteiger partial charge >= 0.3 is 0 Å². The van der Waals surface area contributed by atoms with E-state index in [4.69, 9.17) is 16.0 Å². The fraction of sp³-hybridized carbons (Fsp3) is 0.136. The summed E-state index contributed by atoms with van der Waals surface area (Å²) in [7, 11) is -0.166. The van der Waals surface area contributed by atoms with Gasteiger partial charge in [-0.15, -0.1) is 0 Å². The van der Waals surface area contributed by atoms with Crippen LogP contribution in [-0.2, 0) is 22.2 Å². The molecule has 3 rings (SSSR count). The lowest BCUT2D eigenvalue weighted by atomic mass is 10.2. The summed E-state index contributed by atoms with van der Waals surface area (Å²) in [6.45, 7) is 1.96. The van der Waals surface area contributed by atoms with Crippen LogP contribution >= 0.6 is 11.6 Å². The number of hydrogen-bond donors (Lipinski definition) is 0. The molecule has 0 amide bonds. The van der Waals surface area contributed by atoms with Gasteiger partial charge in [0.2, 0.25) is 0 Å². The SMILES string of the molecule is CC(=Nc1ccc(Cl)cc1)N=S(Cc1ccccc1)Cc1ccccc1. The predicted molar refractivity (Wildman–Crippen MR) is 114 cm³/mol. The molecule has 26 heavy (non-hydrogen) atoms. The first-order valence-corrected chi connectivity index (χ1v) is 10.4. The zero-order valence-electron chi connectivity index (χ0n) is 14.7. The summed E-state index contributed by atoms with van der Waals surface area (Å²) in [5.74, 6) is 2.63. The largest absolute Gasteiger partial charge is 0.233 e. The van der Waals surface area contributed by atoms with Gasteiger partial charge in [-0.05, 0) is 42.3 Å². The molecule has 0 spiro atoms. The molecule has 3 aromatic rings. The molecule has 4 heteroatoms. The van der Waals surface area contributed by atoms with Crippen LogP contribution in [0.3, 0.4) is 0 Å². The van der Waals surface area contributed by atoms with Crippen molar-refractivity contribution in [1.82, 2.24) is 0 Å². The van der Waals surface area contributed by atoms with Crippen LogP contribution in [0, 0.1) is 0 Å². The van der Waals surface area contributed by atoms with Crippen LogP contribution in [0.25, 0.3) is 0 Å². The predicted octanol–water partition coefficient (Wildman–Crippen LogP) is 6.59. The van der Waals surface area contributed by atoms with E-state index < -0.39 is 0 Å². The topological polar surface area (TPSA) is 24.7 Å². The van der Waals surface area contributed by atoms with E-state index in [-0.39, 0.29) is 10.7 Å². The Bertz CT molecular complexity index is 845. The molecule has 0 saturated heterocycles. The van der Waals surface area contributed by atoms with Gasteiger partial charge in [-0.25, -0.2) is 9.36 Å². The second-order valence-corrected chi connectivity index (χ2v) is 8.07. The van der Waals surface area contributed by atoms with Crippen LogP contribution in [0.4, 0.5) is 5.69 Å². The molecule has 0 aliphatic rings. The van der Waals surface area contributed by atoms with E-state index in [1.54, 1.807) is 0 Å². The summed E-state index contributed by atoms with van der Waals surface area (Å²) in [6, 6.07) is 28.6. The van der Waals surface area contributed by atoms with Gasteiger partial charge in [0.05, 0.1) is 5.69 Å². The third kappa shape index (κ3) is 5.94. The minimum atomic E-state index is -0.166. The number of benzene rings is 3. The Morgan fingerprint density at radius 3 is 1.77 bits per heavy atom. The maximum absolute atomic E-state index is 5.94. The second kappa shape index (κ2) is 9.46. The Morgan fingerprint density at radius 1 is 0.769 bits per heavy atom. The van der Waals surface area contributed by atoms with Crippen molar-refractivity contribution >= 4 is 33.8 Å². The van der Waals surface area contributed by atoms with Gasteiger partial charge < -0.3 is 0 Å². The molecule has 0 atom stereocenters. The molecule has 0 aromatic heterocycles. The van der Waals surface area contributed by atoms with E-state index >= 15 is 0 Å². The standard InChI is InChI=1S/C22H21ClN2S/c1-18(24-22-14-12-21(23)13-15-22)25-26(16-19-8-4-2-5-9-19)17-20-10-6-3-7-11-20/h2-15H,16-17H2,1H3. The molecule has 0 bridgehead atoms. The van der Waals surface area contributed by atoms with Crippen LogP contribution in [0.15, 0.2) is 94.3 Å². The summed E-state index contributed by atoms with van der Waals surface area (Å²) in [6.07, 6.45) is 0. The number of nitrogens with zero attached hydrogens (tertiary/aromatic N) is 2. The number of hydrogen-bond acceptors (Lipinski definition) is 1. The van der Waals surface area contributed by atoms with E-state index in [9.17, 15) is 0 Å². The summed E-state index contributed by atoms with van der Waals surface area (Å²) >= 11 is 5.94. The molecule has 0 fully saturated rings. The highest BCUT2D eigenvalue weighted by atomic mass is 35.5. The quantitative estimate of drug-likeness (QED) is 0.352. The zero-order valence-corrected chi connectivity index (χ0v) is 16.3. The first kappa shape index (κ1) is 18.6. The molecule has 0 aliphatic carbocycles. The Hall–Kier alpha value is -2.23. The fourth-order valence-electron chi connectivity index (χ4n) is 2.56. The van der Waals surface area contributed by atoms with E-state index in [2.05, 4.69) is 53.5 Å². The van der Waals surface area contributed by atoms with Crippen molar-refractivity contribution in [2.75, 3.05) is 0 Å². The van der Waals surface area contributed by atoms with Crippen LogP contribution in [0.1, 0.15) is 18.1 Å². The van der Waals surface area contributed by atoms with Gasteiger partial charge in [-0.3, -0.25) is 0 Å². The minimum absolute atomic E-state index is 0.166. The van der Waals surface area contributed by atoms with Gasteiger partial charge in [0.25, 0.3) is 0 Å². The minimum Gasteiger partial charge on any atom is -0.233 e. The molecule has 132 valence electrons. The normalized spacial score (nSPS) is 11.6. The van der Waals surface area contributed by atoms with E-state index in [1.807, 2.05) is 43.3 Å². The lowest BCUT2D eigenvalue weighted by Crippen LogP contribution is -2.02. The van der Waals surface area contributed by atoms with Crippen LogP contribution in [-0.4, -0.2) is 5.84 Å².